The van der Waals surface area contributed by atoms with Gasteiger partial charge in [0.1, 0.15) is 5.82 Å². The number of benzene rings is 2. The largest absolute Gasteiger partial charge is 0.294 e. The molecule has 0 bridgehead atoms. The molecule has 1 nitrogen and oxygen atoms in total. The molecule has 0 aliphatic heterocycles. The van der Waals surface area contributed by atoms with E-state index in [0.717, 1.165) is 29.4 Å². The van der Waals surface area contributed by atoms with Crippen LogP contribution in [0.4, 0.5) is 4.39 Å². The summed E-state index contributed by atoms with van der Waals surface area (Å²) in [5, 5.41) is 0. The molecule has 0 aromatic heterocycles. The number of hydrogen-bond acceptors (Lipinski definition) is 1. The van der Waals surface area contributed by atoms with Crippen LogP contribution in [-0.2, 0) is 6.42 Å². The minimum absolute atomic E-state index is 0.117. The SMILES string of the molecule is CCC[C@H]1CC[C@H](CCc2ccc(-c3ccc(C(=O)CC)cc3)c(F)c2)CC1. The lowest BCUT2D eigenvalue weighted by Gasteiger charge is -2.28. The third kappa shape index (κ3) is 5.31. The zero-order valence-corrected chi connectivity index (χ0v) is 17.3. The Kier molecular flexibility index (Phi) is 7.42. The highest BCUT2D eigenvalue weighted by molar-refractivity contribution is 5.96. The van der Waals surface area contributed by atoms with Gasteiger partial charge in [-0.1, -0.05) is 88.8 Å². The Labute approximate surface area is 169 Å². The fraction of sp³-hybridized carbons (Fsp3) is 0.500. The molecule has 0 amide bonds. The van der Waals surface area contributed by atoms with Gasteiger partial charge >= 0.3 is 0 Å². The van der Waals surface area contributed by atoms with E-state index >= 15 is 0 Å². The first-order valence-electron chi connectivity index (χ1n) is 11.0. The molecular weight excluding hydrogens is 347 g/mol. The fourth-order valence-corrected chi connectivity index (χ4v) is 4.58. The summed E-state index contributed by atoms with van der Waals surface area (Å²) in [5.41, 5.74) is 3.22. The molecule has 3 rings (SSSR count). The predicted octanol–water partition coefficient (Wildman–Crippen LogP) is 7.62. The van der Waals surface area contributed by atoms with Crippen molar-refractivity contribution in [3.8, 4) is 11.1 Å². The van der Waals surface area contributed by atoms with Crippen molar-refractivity contribution in [2.45, 2.75) is 71.6 Å². The summed E-state index contributed by atoms with van der Waals surface area (Å²) < 4.78 is 14.7. The third-order valence-electron chi connectivity index (χ3n) is 6.38. The highest BCUT2D eigenvalue weighted by Crippen LogP contribution is 2.34. The van der Waals surface area contributed by atoms with Gasteiger partial charge in [-0.2, -0.15) is 0 Å². The zero-order chi connectivity index (χ0) is 19.9. The van der Waals surface area contributed by atoms with Crippen LogP contribution in [0.15, 0.2) is 42.5 Å². The van der Waals surface area contributed by atoms with Crippen LogP contribution in [0.1, 0.15) is 81.1 Å². The van der Waals surface area contributed by atoms with E-state index in [0.29, 0.717) is 17.5 Å². The summed E-state index contributed by atoms with van der Waals surface area (Å²) in [4.78, 5) is 11.8. The Morgan fingerprint density at radius 2 is 1.57 bits per heavy atom. The average molecular weight is 381 g/mol. The molecule has 0 N–H and O–H groups in total. The van der Waals surface area contributed by atoms with Gasteiger partial charge in [-0.15, -0.1) is 0 Å². The first-order chi connectivity index (χ1) is 13.6. The van der Waals surface area contributed by atoms with Gasteiger partial charge in [-0.3, -0.25) is 4.79 Å². The normalized spacial score (nSPS) is 19.5. The van der Waals surface area contributed by atoms with Crippen LogP contribution in [0, 0.1) is 17.7 Å². The van der Waals surface area contributed by atoms with Crippen molar-refractivity contribution in [2.75, 3.05) is 0 Å². The summed E-state index contributed by atoms with van der Waals surface area (Å²) >= 11 is 0. The number of ketones is 1. The molecule has 0 heterocycles. The number of Topliss-reactive ketones (excluding diaryl/α,β-unsaturated/α-hetero) is 1. The van der Waals surface area contributed by atoms with Gasteiger partial charge in [0, 0.05) is 17.5 Å². The molecule has 2 aromatic carbocycles. The van der Waals surface area contributed by atoms with Crippen molar-refractivity contribution in [1.82, 2.24) is 0 Å². The van der Waals surface area contributed by atoms with Crippen LogP contribution in [0.3, 0.4) is 0 Å². The first kappa shape index (κ1) is 20.8. The smallest absolute Gasteiger partial charge is 0.162 e. The molecular formula is C26H33FO. The van der Waals surface area contributed by atoms with Crippen molar-refractivity contribution in [3.63, 3.8) is 0 Å². The van der Waals surface area contributed by atoms with Gasteiger partial charge in [-0.25, -0.2) is 4.39 Å². The van der Waals surface area contributed by atoms with E-state index in [2.05, 4.69) is 13.0 Å². The number of aryl methyl sites for hydroxylation is 1. The van der Waals surface area contributed by atoms with Crippen LogP contribution in [0.2, 0.25) is 0 Å². The maximum Gasteiger partial charge on any atom is 0.162 e. The summed E-state index contributed by atoms with van der Waals surface area (Å²) in [7, 11) is 0. The lowest BCUT2D eigenvalue weighted by atomic mass is 9.78. The van der Waals surface area contributed by atoms with Crippen molar-refractivity contribution in [3.05, 3.63) is 59.4 Å². The number of carbonyl (C=O) groups excluding carboxylic acids is 1. The molecule has 0 saturated heterocycles. The van der Waals surface area contributed by atoms with E-state index in [1.54, 1.807) is 18.2 Å². The lowest BCUT2D eigenvalue weighted by molar-refractivity contribution is 0.0988. The first-order valence-corrected chi connectivity index (χ1v) is 11.0. The Hall–Kier alpha value is -1.96. The second-order valence-electron chi connectivity index (χ2n) is 8.38. The van der Waals surface area contributed by atoms with Gasteiger partial charge in [0.25, 0.3) is 0 Å². The summed E-state index contributed by atoms with van der Waals surface area (Å²) in [6.45, 7) is 4.13. The Bertz CT molecular complexity index is 770. The van der Waals surface area contributed by atoms with E-state index in [-0.39, 0.29) is 11.6 Å². The van der Waals surface area contributed by atoms with Gasteiger partial charge in [-0.05, 0) is 41.9 Å². The summed E-state index contributed by atoms with van der Waals surface area (Å²) in [5.74, 6) is 1.70. The van der Waals surface area contributed by atoms with E-state index in [1.165, 1.54) is 44.9 Å². The van der Waals surface area contributed by atoms with E-state index < -0.39 is 0 Å². The van der Waals surface area contributed by atoms with Gasteiger partial charge in [0.2, 0.25) is 0 Å². The highest BCUT2D eigenvalue weighted by Gasteiger charge is 2.20. The molecule has 0 atom stereocenters. The van der Waals surface area contributed by atoms with E-state index in [9.17, 15) is 9.18 Å². The predicted molar refractivity (Wildman–Crippen MR) is 115 cm³/mol. The number of hydrogen-bond donors (Lipinski definition) is 0. The monoisotopic (exact) mass is 380 g/mol. The quantitative estimate of drug-likeness (QED) is 0.430. The second kappa shape index (κ2) is 10.0. The van der Waals surface area contributed by atoms with Crippen LogP contribution >= 0.6 is 0 Å². The van der Waals surface area contributed by atoms with E-state index in [1.807, 2.05) is 25.1 Å². The number of carbonyl (C=O) groups is 1. The Morgan fingerprint density at radius 1 is 0.929 bits per heavy atom. The molecule has 1 aliphatic carbocycles. The van der Waals surface area contributed by atoms with Gasteiger partial charge in [0.15, 0.2) is 5.78 Å². The third-order valence-corrected chi connectivity index (χ3v) is 6.38. The maximum absolute atomic E-state index is 14.7. The fourth-order valence-electron chi connectivity index (χ4n) is 4.58. The van der Waals surface area contributed by atoms with Crippen LogP contribution < -0.4 is 0 Å². The van der Waals surface area contributed by atoms with E-state index in [4.69, 9.17) is 0 Å². The molecule has 2 heteroatoms. The van der Waals surface area contributed by atoms with Crippen molar-refractivity contribution in [2.24, 2.45) is 11.8 Å². The minimum Gasteiger partial charge on any atom is -0.294 e. The number of halogens is 1. The van der Waals surface area contributed by atoms with Gasteiger partial charge < -0.3 is 0 Å². The van der Waals surface area contributed by atoms with Crippen molar-refractivity contribution in [1.29, 1.82) is 0 Å². The average Bonchev–Trinajstić information content (AvgIpc) is 2.73. The molecule has 1 aliphatic rings. The standard InChI is InChI=1S/C26H33FO/c1-3-5-19-6-8-20(9-7-19)10-11-21-12-17-24(25(27)18-21)22-13-15-23(16-14-22)26(28)4-2/h12-20H,3-11H2,1-2H3/t19-,20-. The zero-order valence-electron chi connectivity index (χ0n) is 17.3. The molecule has 28 heavy (non-hydrogen) atoms. The minimum atomic E-state index is -0.168. The van der Waals surface area contributed by atoms with Crippen LogP contribution in [0.5, 0.6) is 0 Å². The molecule has 2 aromatic rings. The Morgan fingerprint density at radius 3 is 2.14 bits per heavy atom. The lowest BCUT2D eigenvalue weighted by Crippen LogP contribution is -2.15. The molecule has 0 spiro atoms. The van der Waals surface area contributed by atoms with Gasteiger partial charge in [0.05, 0.1) is 0 Å². The topological polar surface area (TPSA) is 17.1 Å². The summed E-state index contributed by atoms with van der Waals surface area (Å²) in [6.07, 6.45) is 10.7. The molecule has 1 saturated carbocycles. The number of rotatable bonds is 8. The molecule has 1 fully saturated rings. The van der Waals surface area contributed by atoms with Crippen LogP contribution in [0.25, 0.3) is 11.1 Å². The molecule has 0 unspecified atom stereocenters. The molecule has 0 radical (unpaired) electrons. The summed E-state index contributed by atoms with van der Waals surface area (Å²) in [6, 6.07) is 12.9. The Balaban J connectivity index is 1.58. The maximum atomic E-state index is 14.7. The highest BCUT2D eigenvalue weighted by atomic mass is 19.1. The van der Waals surface area contributed by atoms with Crippen molar-refractivity contribution >= 4 is 5.78 Å². The molecule has 150 valence electrons. The van der Waals surface area contributed by atoms with Crippen molar-refractivity contribution < 1.29 is 9.18 Å². The second-order valence-corrected chi connectivity index (χ2v) is 8.38. The van der Waals surface area contributed by atoms with Crippen LogP contribution in [-0.4, -0.2) is 5.78 Å².